The van der Waals surface area contributed by atoms with Crippen LogP contribution in [0.1, 0.15) is 120 Å². The Labute approximate surface area is 199 Å². The lowest BCUT2D eigenvalue weighted by molar-refractivity contribution is -0.112. The molecule has 2 fully saturated rings. The van der Waals surface area contributed by atoms with Gasteiger partial charge in [0.05, 0.1) is 6.10 Å². The molecule has 0 N–H and O–H groups in total. The zero-order valence-electron chi connectivity index (χ0n) is 22.9. The molecule has 0 aromatic rings. The summed E-state index contributed by atoms with van der Waals surface area (Å²) in [5.74, 6) is 2.49. The van der Waals surface area contributed by atoms with Crippen molar-refractivity contribution < 1.29 is 4.74 Å². The highest BCUT2D eigenvalue weighted by atomic mass is 16.5. The van der Waals surface area contributed by atoms with Gasteiger partial charge in [-0.3, -0.25) is 0 Å². The Hall–Kier alpha value is -0.560. The zero-order chi connectivity index (χ0) is 23.5. The molecule has 0 heterocycles. The van der Waals surface area contributed by atoms with Crippen LogP contribution in [0, 0.1) is 39.4 Å². The molecule has 4 aliphatic carbocycles. The maximum absolute atomic E-state index is 6.01. The summed E-state index contributed by atoms with van der Waals surface area (Å²) in [6.07, 6.45) is 16.4. The molecule has 2 saturated carbocycles. The van der Waals surface area contributed by atoms with Crippen molar-refractivity contribution in [2.75, 3.05) is 7.11 Å². The largest absolute Gasteiger partial charge is 0.381 e. The van der Waals surface area contributed by atoms with Crippen LogP contribution in [-0.2, 0) is 4.74 Å². The molecule has 4 aliphatic rings. The monoisotopic (exact) mass is 440 g/mol. The van der Waals surface area contributed by atoms with Gasteiger partial charge in [-0.25, -0.2) is 0 Å². The Bertz CT molecular complexity index is 782. The van der Waals surface area contributed by atoms with Crippen LogP contribution in [0.4, 0.5) is 0 Å². The molecule has 0 bridgehead atoms. The Morgan fingerprint density at radius 2 is 1.69 bits per heavy atom. The Balaban J connectivity index is 1.64. The van der Waals surface area contributed by atoms with Gasteiger partial charge in [0, 0.05) is 7.11 Å². The van der Waals surface area contributed by atoms with E-state index in [0.717, 1.165) is 17.8 Å². The van der Waals surface area contributed by atoms with Gasteiger partial charge in [-0.15, -0.1) is 0 Å². The first-order valence-corrected chi connectivity index (χ1v) is 13.8. The molecule has 0 aliphatic heterocycles. The van der Waals surface area contributed by atoms with E-state index in [4.69, 9.17) is 4.74 Å². The molecule has 0 unspecified atom stereocenters. The maximum Gasteiger partial charge on any atom is 0.0625 e. The van der Waals surface area contributed by atoms with E-state index < -0.39 is 0 Å². The van der Waals surface area contributed by atoms with Crippen LogP contribution in [0.25, 0.3) is 0 Å². The average Bonchev–Trinajstić information content (AvgIpc) is 2.99. The number of hydrogen-bond donors (Lipinski definition) is 0. The summed E-state index contributed by atoms with van der Waals surface area (Å²) in [6, 6.07) is 0. The van der Waals surface area contributed by atoms with Crippen molar-refractivity contribution in [3.8, 4) is 0 Å². The van der Waals surface area contributed by atoms with E-state index in [2.05, 4.69) is 61.5 Å². The summed E-state index contributed by atoms with van der Waals surface area (Å²) in [7, 11) is 1.94. The summed E-state index contributed by atoms with van der Waals surface area (Å²) in [4.78, 5) is 0. The maximum atomic E-state index is 6.01. The Kier molecular flexibility index (Phi) is 6.36. The quantitative estimate of drug-likeness (QED) is 0.387. The van der Waals surface area contributed by atoms with Crippen molar-refractivity contribution in [2.24, 2.45) is 39.4 Å². The zero-order valence-corrected chi connectivity index (χ0v) is 22.9. The van der Waals surface area contributed by atoms with Gasteiger partial charge >= 0.3 is 0 Å². The fraction of sp³-hybridized carbons (Fsp3) is 0.871. The first-order chi connectivity index (χ1) is 14.9. The molecule has 32 heavy (non-hydrogen) atoms. The van der Waals surface area contributed by atoms with Crippen molar-refractivity contribution in [3.05, 3.63) is 22.8 Å². The molecule has 0 aromatic carbocycles. The third-order valence-corrected chi connectivity index (χ3v) is 11.9. The number of ether oxygens (including phenoxy) is 1. The second-order valence-electron chi connectivity index (χ2n) is 13.8. The lowest BCUT2D eigenvalue weighted by Gasteiger charge is -2.62. The van der Waals surface area contributed by atoms with Gasteiger partial charge in [0.25, 0.3) is 0 Å². The number of fused-ring (bicyclic) bond motifs is 4. The molecule has 0 saturated heterocycles. The van der Waals surface area contributed by atoms with Gasteiger partial charge in [-0.05, 0) is 117 Å². The van der Waals surface area contributed by atoms with Crippen molar-refractivity contribution in [3.63, 3.8) is 0 Å². The van der Waals surface area contributed by atoms with Crippen LogP contribution in [0.15, 0.2) is 22.8 Å². The van der Waals surface area contributed by atoms with Crippen LogP contribution in [0.5, 0.6) is 0 Å². The van der Waals surface area contributed by atoms with Crippen LogP contribution in [0.3, 0.4) is 0 Å². The molecule has 0 radical (unpaired) electrons. The highest BCUT2D eigenvalue weighted by Crippen LogP contribution is 2.72. The first-order valence-electron chi connectivity index (χ1n) is 13.8. The molecule has 4 rings (SSSR count). The Morgan fingerprint density at radius 1 is 0.969 bits per heavy atom. The lowest BCUT2D eigenvalue weighted by atomic mass is 9.43. The Morgan fingerprint density at radius 3 is 2.34 bits per heavy atom. The van der Waals surface area contributed by atoms with Gasteiger partial charge < -0.3 is 4.74 Å². The number of methoxy groups -OCH3 is 1. The third kappa shape index (κ3) is 3.42. The predicted octanol–water partition coefficient (Wildman–Crippen LogP) is 9.13. The van der Waals surface area contributed by atoms with E-state index in [0.29, 0.717) is 22.3 Å². The van der Waals surface area contributed by atoms with Crippen molar-refractivity contribution in [1.29, 1.82) is 0 Å². The van der Waals surface area contributed by atoms with Gasteiger partial charge in [0.2, 0.25) is 0 Å². The molecule has 1 nitrogen and oxygen atoms in total. The van der Waals surface area contributed by atoms with Crippen molar-refractivity contribution in [1.82, 2.24) is 0 Å². The summed E-state index contributed by atoms with van der Waals surface area (Å²) < 4.78 is 6.01. The fourth-order valence-electron chi connectivity index (χ4n) is 9.87. The van der Waals surface area contributed by atoms with E-state index in [-0.39, 0.29) is 5.41 Å². The average molecular weight is 441 g/mol. The summed E-state index contributed by atoms with van der Waals surface area (Å²) in [5.41, 5.74) is 6.89. The molecule has 7 atom stereocenters. The lowest BCUT2D eigenvalue weighted by Crippen LogP contribution is -2.55. The second kappa shape index (κ2) is 8.28. The van der Waals surface area contributed by atoms with Crippen molar-refractivity contribution >= 4 is 0 Å². The van der Waals surface area contributed by atoms with Crippen LogP contribution < -0.4 is 0 Å². The van der Waals surface area contributed by atoms with Gasteiger partial charge in [-0.1, -0.05) is 64.3 Å². The van der Waals surface area contributed by atoms with Gasteiger partial charge in [0.1, 0.15) is 0 Å². The first kappa shape index (κ1) is 24.6. The van der Waals surface area contributed by atoms with Crippen LogP contribution in [0.2, 0.25) is 0 Å². The van der Waals surface area contributed by atoms with E-state index in [9.17, 15) is 0 Å². The molecular weight excluding hydrogens is 388 g/mol. The predicted molar refractivity (Wildman–Crippen MR) is 138 cm³/mol. The summed E-state index contributed by atoms with van der Waals surface area (Å²) >= 11 is 0. The van der Waals surface area contributed by atoms with E-state index in [1.54, 1.807) is 0 Å². The highest BCUT2D eigenvalue weighted by molar-refractivity contribution is 5.38. The second-order valence-corrected chi connectivity index (χ2v) is 13.8. The molecule has 0 spiro atoms. The molecule has 182 valence electrons. The van der Waals surface area contributed by atoms with Gasteiger partial charge in [-0.2, -0.15) is 0 Å². The van der Waals surface area contributed by atoms with Gasteiger partial charge in [0.15, 0.2) is 0 Å². The standard InChI is InChI=1S/C31H52O/c1-21(2)11-10-12-22(3)23-15-19-31(8)25-13-14-26-28(4,5)27(32-9)17-18-29(26,6)24(25)16-20-30(23,31)7/h11,22-23,26-27H,10,12-20H2,1-9H3/t22-,23-,26+,27+,29-,30-,31+/m1/s1. The topological polar surface area (TPSA) is 9.23 Å². The van der Waals surface area contributed by atoms with Crippen LogP contribution >= 0.6 is 0 Å². The van der Waals surface area contributed by atoms with E-state index in [1.807, 2.05) is 18.3 Å². The molecule has 0 aromatic heterocycles. The highest BCUT2D eigenvalue weighted by Gasteiger charge is 2.63. The third-order valence-electron chi connectivity index (χ3n) is 11.9. The minimum Gasteiger partial charge on any atom is -0.381 e. The molecular formula is C31H52O. The van der Waals surface area contributed by atoms with Crippen LogP contribution in [-0.4, -0.2) is 13.2 Å². The molecule has 0 amide bonds. The smallest absolute Gasteiger partial charge is 0.0625 e. The SMILES string of the molecule is CO[C@H]1CC[C@]2(C)C3=C(CC[C@H]2C1(C)C)[C@]1(C)CC[C@H]([C@H](C)CCC=C(C)C)[C@@]1(C)CC3. The normalized spacial score (nSPS) is 43.8. The number of hydrogen-bond acceptors (Lipinski definition) is 1. The van der Waals surface area contributed by atoms with E-state index in [1.165, 1.54) is 69.8 Å². The number of rotatable bonds is 5. The minimum atomic E-state index is 0.277. The molecule has 1 heteroatoms. The van der Waals surface area contributed by atoms with Crippen molar-refractivity contribution in [2.45, 2.75) is 126 Å². The minimum absolute atomic E-state index is 0.277. The summed E-state index contributed by atoms with van der Waals surface area (Å²) in [6.45, 7) is 20.1. The number of allylic oxidation sites excluding steroid dienone is 4. The summed E-state index contributed by atoms with van der Waals surface area (Å²) in [5, 5.41) is 0. The van der Waals surface area contributed by atoms with E-state index >= 15 is 0 Å². The fourth-order valence-corrected chi connectivity index (χ4v) is 9.87.